The lowest BCUT2D eigenvalue weighted by atomic mass is 9.83. The maximum atomic E-state index is 12.7. The predicted molar refractivity (Wildman–Crippen MR) is 141 cm³/mol. The lowest BCUT2D eigenvalue weighted by Crippen LogP contribution is -2.45. The summed E-state index contributed by atoms with van der Waals surface area (Å²) < 4.78 is 0. The van der Waals surface area contributed by atoms with E-state index in [9.17, 15) is 4.79 Å². The van der Waals surface area contributed by atoms with Crippen molar-refractivity contribution in [2.24, 2.45) is 0 Å². The summed E-state index contributed by atoms with van der Waals surface area (Å²) in [6.07, 6.45) is 4.84. The molecule has 1 aliphatic rings. The van der Waals surface area contributed by atoms with Crippen LogP contribution in [0.3, 0.4) is 0 Å². The van der Waals surface area contributed by atoms with E-state index in [2.05, 4.69) is 36.5 Å². The van der Waals surface area contributed by atoms with Crippen LogP contribution in [0.5, 0.6) is 0 Å². The van der Waals surface area contributed by atoms with E-state index in [0.717, 1.165) is 18.4 Å². The Morgan fingerprint density at radius 1 is 0.906 bits per heavy atom. The third-order valence-corrected chi connectivity index (χ3v) is 5.96. The van der Waals surface area contributed by atoms with Crippen molar-refractivity contribution in [2.75, 3.05) is 14.1 Å². The summed E-state index contributed by atoms with van der Waals surface area (Å²) in [5.41, 5.74) is 2.00. The number of rotatable bonds is 5. The van der Waals surface area contributed by atoms with Gasteiger partial charge in [0.25, 0.3) is 0 Å². The van der Waals surface area contributed by atoms with Crippen molar-refractivity contribution in [1.29, 1.82) is 0 Å². The highest BCUT2D eigenvalue weighted by atomic mass is 16.2. The standard InChI is InChI=1S/C16H23NO.C9H13N.2C2H6/c1-16(2,13-9-5-4-6-10-13)15(18)17(3)14-11-7-8-12-14;1-8(10-2)9-6-4-3-5-7-9;2*1-2/h4-6,9-10,14H,7-8,11-12H2,1-3H3;3-8,10H,1-2H3;2*1-2H3. The Morgan fingerprint density at radius 3 is 1.78 bits per heavy atom. The van der Waals surface area contributed by atoms with Crippen molar-refractivity contribution in [3.05, 3.63) is 71.8 Å². The summed E-state index contributed by atoms with van der Waals surface area (Å²) >= 11 is 0. The molecule has 3 nitrogen and oxygen atoms in total. The van der Waals surface area contributed by atoms with E-state index in [-0.39, 0.29) is 5.91 Å². The Bertz CT molecular complexity index is 706. The van der Waals surface area contributed by atoms with Gasteiger partial charge in [-0.2, -0.15) is 0 Å². The molecule has 1 fully saturated rings. The van der Waals surface area contributed by atoms with Gasteiger partial charge < -0.3 is 10.2 Å². The van der Waals surface area contributed by atoms with Gasteiger partial charge in [0.15, 0.2) is 0 Å². The van der Waals surface area contributed by atoms with Crippen molar-refractivity contribution >= 4 is 5.91 Å². The number of carbonyl (C=O) groups is 1. The molecule has 0 bridgehead atoms. The molecule has 1 aliphatic carbocycles. The molecule has 3 heteroatoms. The molecule has 0 saturated heterocycles. The summed E-state index contributed by atoms with van der Waals surface area (Å²) in [5, 5.41) is 3.18. The number of carbonyl (C=O) groups excluding carboxylic acids is 1. The second kappa shape index (κ2) is 16.5. The molecule has 0 radical (unpaired) electrons. The molecular formula is C29H48N2O. The number of hydrogen-bond donors (Lipinski definition) is 1. The number of nitrogens with zero attached hydrogens (tertiary/aromatic N) is 1. The predicted octanol–water partition coefficient (Wildman–Crippen LogP) is 7.38. The average Bonchev–Trinajstić information content (AvgIpc) is 3.41. The molecule has 1 unspecified atom stereocenters. The van der Waals surface area contributed by atoms with E-state index in [1.54, 1.807) is 0 Å². The minimum absolute atomic E-state index is 0.237. The van der Waals surface area contributed by atoms with E-state index in [1.165, 1.54) is 18.4 Å². The maximum Gasteiger partial charge on any atom is 0.232 e. The fourth-order valence-corrected chi connectivity index (χ4v) is 3.78. The minimum atomic E-state index is -0.432. The molecule has 2 aromatic rings. The molecule has 1 saturated carbocycles. The zero-order chi connectivity index (χ0) is 24.6. The van der Waals surface area contributed by atoms with Crippen molar-refractivity contribution in [1.82, 2.24) is 10.2 Å². The van der Waals surface area contributed by atoms with E-state index in [4.69, 9.17) is 0 Å². The van der Waals surface area contributed by atoms with Gasteiger partial charge in [0.1, 0.15) is 0 Å². The van der Waals surface area contributed by atoms with Crippen LogP contribution >= 0.6 is 0 Å². The number of hydrogen-bond acceptors (Lipinski definition) is 2. The third kappa shape index (κ3) is 9.16. The minimum Gasteiger partial charge on any atom is -0.342 e. The average molecular weight is 441 g/mol. The number of nitrogens with one attached hydrogen (secondary N) is 1. The first kappa shape index (κ1) is 29.9. The Morgan fingerprint density at radius 2 is 1.34 bits per heavy atom. The summed E-state index contributed by atoms with van der Waals surface area (Å²) in [5.74, 6) is 0.237. The van der Waals surface area contributed by atoms with Gasteiger partial charge in [-0.3, -0.25) is 4.79 Å². The van der Waals surface area contributed by atoms with E-state index < -0.39 is 5.41 Å². The SMILES string of the molecule is CC.CC.CN(C(=O)C(C)(C)c1ccccc1)C1CCCC1.CNC(C)c1ccccc1. The molecule has 2 aromatic carbocycles. The first-order valence-electron chi connectivity index (χ1n) is 12.4. The Kier molecular flexibility index (Phi) is 15.4. The van der Waals surface area contributed by atoms with Crippen molar-refractivity contribution in [3.8, 4) is 0 Å². The molecule has 0 spiro atoms. The van der Waals surface area contributed by atoms with Crippen molar-refractivity contribution in [3.63, 3.8) is 0 Å². The summed E-state index contributed by atoms with van der Waals surface area (Å²) in [6.45, 7) is 14.2. The number of amides is 1. The van der Waals surface area contributed by atoms with Gasteiger partial charge in [-0.05, 0) is 51.8 Å². The smallest absolute Gasteiger partial charge is 0.232 e. The van der Waals surface area contributed by atoms with Gasteiger partial charge in [-0.15, -0.1) is 0 Å². The summed E-state index contributed by atoms with van der Waals surface area (Å²) in [6, 6.07) is 21.4. The molecule has 3 rings (SSSR count). The lowest BCUT2D eigenvalue weighted by molar-refractivity contribution is -0.137. The van der Waals surface area contributed by atoms with Crippen LogP contribution in [0.25, 0.3) is 0 Å². The van der Waals surface area contributed by atoms with Crippen molar-refractivity contribution < 1.29 is 4.79 Å². The van der Waals surface area contributed by atoms with Crippen LogP contribution in [0.15, 0.2) is 60.7 Å². The highest BCUT2D eigenvalue weighted by Crippen LogP contribution is 2.29. The second-order valence-electron chi connectivity index (χ2n) is 8.27. The summed E-state index contributed by atoms with van der Waals surface area (Å²) in [4.78, 5) is 14.7. The topological polar surface area (TPSA) is 32.3 Å². The third-order valence-electron chi connectivity index (χ3n) is 5.96. The zero-order valence-electron chi connectivity index (χ0n) is 22.1. The largest absolute Gasteiger partial charge is 0.342 e. The van der Waals surface area contributed by atoms with Gasteiger partial charge in [-0.25, -0.2) is 0 Å². The molecular weight excluding hydrogens is 392 g/mol. The van der Waals surface area contributed by atoms with Gasteiger partial charge in [0.2, 0.25) is 5.91 Å². The first-order valence-corrected chi connectivity index (χ1v) is 12.4. The zero-order valence-corrected chi connectivity index (χ0v) is 22.1. The van der Waals surface area contributed by atoms with E-state index in [1.807, 2.05) is 96.9 Å². The molecule has 1 atom stereocenters. The quantitative estimate of drug-likeness (QED) is 0.526. The van der Waals surface area contributed by atoms with Crippen LogP contribution in [-0.2, 0) is 10.2 Å². The van der Waals surface area contributed by atoms with Gasteiger partial charge in [-0.1, -0.05) is 101 Å². The Balaban J connectivity index is 0.000000582. The molecule has 32 heavy (non-hydrogen) atoms. The normalized spacial score (nSPS) is 13.9. The monoisotopic (exact) mass is 440 g/mol. The molecule has 0 aromatic heterocycles. The first-order chi connectivity index (χ1) is 15.4. The molecule has 180 valence electrons. The van der Waals surface area contributed by atoms with Crippen LogP contribution < -0.4 is 5.32 Å². The van der Waals surface area contributed by atoms with Crippen LogP contribution in [0, 0.1) is 0 Å². The highest BCUT2D eigenvalue weighted by Gasteiger charge is 2.35. The molecule has 0 aliphatic heterocycles. The fraction of sp³-hybridized carbons (Fsp3) is 0.552. The molecule has 1 N–H and O–H groups in total. The number of likely N-dealkylation sites (N-methyl/N-ethyl adjacent to an activating group) is 1. The number of benzene rings is 2. The van der Waals surface area contributed by atoms with Gasteiger partial charge >= 0.3 is 0 Å². The van der Waals surface area contributed by atoms with E-state index >= 15 is 0 Å². The fourth-order valence-electron chi connectivity index (χ4n) is 3.78. The Hall–Kier alpha value is -2.13. The van der Waals surface area contributed by atoms with E-state index in [0.29, 0.717) is 12.1 Å². The Labute approximate surface area is 198 Å². The lowest BCUT2D eigenvalue weighted by Gasteiger charge is -2.33. The second-order valence-corrected chi connectivity index (χ2v) is 8.27. The highest BCUT2D eigenvalue weighted by molar-refractivity contribution is 5.87. The van der Waals surface area contributed by atoms with Crippen LogP contribution in [0.1, 0.15) is 91.3 Å². The maximum absolute atomic E-state index is 12.7. The van der Waals surface area contributed by atoms with Gasteiger partial charge in [0.05, 0.1) is 5.41 Å². The molecule has 0 heterocycles. The molecule has 1 amide bonds. The van der Waals surface area contributed by atoms with Crippen LogP contribution in [0.2, 0.25) is 0 Å². The van der Waals surface area contributed by atoms with Crippen LogP contribution in [-0.4, -0.2) is 30.9 Å². The van der Waals surface area contributed by atoms with Crippen LogP contribution in [0.4, 0.5) is 0 Å². The van der Waals surface area contributed by atoms with Gasteiger partial charge in [0, 0.05) is 19.1 Å². The van der Waals surface area contributed by atoms with Crippen molar-refractivity contribution in [2.45, 2.75) is 91.6 Å². The summed E-state index contributed by atoms with van der Waals surface area (Å²) in [7, 11) is 3.93.